The number of aldehydes is 1. The monoisotopic (exact) mass is 157 g/mol. The van der Waals surface area contributed by atoms with Crippen molar-refractivity contribution in [2.75, 3.05) is 6.54 Å². The summed E-state index contributed by atoms with van der Waals surface area (Å²) < 4.78 is 2.19. The van der Waals surface area contributed by atoms with E-state index >= 15 is 0 Å². The topological polar surface area (TPSA) is 20.3 Å². The van der Waals surface area contributed by atoms with Crippen LogP contribution in [0, 0.1) is 0 Å². The van der Waals surface area contributed by atoms with Crippen molar-refractivity contribution in [3.8, 4) is 0 Å². The van der Waals surface area contributed by atoms with Crippen LogP contribution in [0.4, 0.5) is 0 Å². The number of rotatable bonds is 2. The number of hydrogen-bond acceptors (Lipinski definition) is 2. The van der Waals surface area contributed by atoms with E-state index in [1.165, 1.54) is 14.8 Å². The molecule has 1 aliphatic rings. The quantitative estimate of drug-likeness (QED) is 0.445. The maximum atomic E-state index is 10.4. The second kappa shape index (κ2) is 3.85. The summed E-state index contributed by atoms with van der Waals surface area (Å²) in [4.78, 5) is 10.4. The highest BCUT2D eigenvalue weighted by Crippen LogP contribution is 2.22. The Balaban J connectivity index is 2.49. The lowest BCUT2D eigenvalue weighted by Crippen LogP contribution is -2.20. The van der Waals surface area contributed by atoms with Crippen molar-refractivity contribution in [3.05, 3.63) is 0 Å². The van der Waals surface area contributed by atoms with Crippen LogP contribution < -0.4 is 0 Å². The third-order valence-corrected chi connectivity index (χ3v) is 2.72. The summed E-state index contributed by atoms with van der Waals surface area (Å²) in [5, 5.41) is 0. The molecule has 0 aromatic rings. The minimum absolute atomic E-state index is 0.192. The second-order valence-corrected chi connectivity index (χ2v) is 3.64. The lowest BCUT2D eigenvalue weighted by molar-refractivity contribution is -0.110. The van der Waals surface area contributed by atoms with Gasteiger partial charge in [-0.25, -0.2) is 4.67 Å². The fourth-order valence-corrected chi connectivity index (χ4v) is 2.10. The fraction of sp³-hybridized carbons (Fsp3) is 0.714. The molecular weight excluding hydrogens is 145 g/mol. The molecule has 0 aromatic carbocycles. The molecule has 0 aliphatic carbocycles. The maximum Gasteiger partial charge on any atom is 0.137 e. The molecule has 0 spiro atoms. The average molecular weight is 157 g/mol. The molecule has 1 heterocycles. The maximum absolute atomic E-state index is 10.4. The molecule has 0 N–H and O–H groups in total. The minimum Gasteiger partial charge on any atom is -0.302 e. The Hall–Kier alpha value is -0.200. The van der Waals surface area contributed by atoms with Gasteiger partial charge in [-0.05, 0) is 33.9 Å². The number of carbonyl (C=O) groups is 1. The molecule has 0 radical (unpaired) electrons. The number of carbonyl (C=O) groups excluding carboxylic acids is 1. The first kappa shape index (κ1) is 7.90. The van der Waals surface area contributed by atoms with Crippen molar-refractivity contribution in [2.24, 2.45) is 0 Å². The van der Waals surface area contributed by atoms with Crippen molar-refractivity contribution in [1.82, 2.24) is 4.67 Å². The van der Waals surface area contributed by atoms with E-state index in [1.54, 1.807) is 0 Å². The van der Waals surface area contributed by atoms with Gasteiger partial charge >= 0.3 is 0 Å². The molecule has 1 rings (SSSR count). The third kappa shape index (κ3) is 1.65. The van der Waals surface area contributed by atoms with E-state index in [4.69, 9.17) is 0 Å². The van der Waals surface area contributed by atoms with E-state index < -0.39 is 0 Å². The van der Waals surface area contributed by atoms with Crippen LogP contribution in [0.25, 0.3) is 0 Å². The smallest absolute Gasteiger partial charge is 0.137 e. The van der Waals surface area contributed by atoms with E-state index in [-0.39, 0.29) is 6.04 Å². The van der Waals surface area contributed by atoms with Gasteiger partial charge in [-0.1, -0.05) is 0 Å². The summed E-state index contributed by atoms with van der Waals surface area (Å²) in [6.07, 6.45) is 3.28. The summed E-state index contributed by atoms with van der Waals surface area (Å²) in [6.45, 7) is 3.09. The molecule has 3 heteroatoms. The van der Waals surface area contributed by atoms with Crippen LogP contribution in [0.15, 0.2) is 0 Å². The van der Waals surface area contributed by atoms with Crippen molar-refractivity contribution in [2.45, 2.75) is 25.8 Å². The molecular formula is C7H12NOP. The van der Waals surface area contributed by atoms with Crippen LogP contribution >= 0.6 is 8.35 Å². The van der Waals surface area contributed by atoms with Crippen LogP contribution in [0.2, 0.25) is 0 Å². The Bertz CT molecular complexity index is 147. The third-order valence-electron chi connectivity index (χ3n) is 1.69. The first-order valence-corrected chi connectivity index (χ1v) is 4.50. The van der Waals surface area contributed by atoms with Gasteiger partial charge in [0.1, 0.15) is 6.29 Å². The van der Waals surface area contributed by atoms with Gasteiger partial charge in [-0.15, -0.1) is 0 Å². The highest BCUT2D eigenvalue weighted by molar-refractivity contribution is 7.35. The summed E-state index contributed by atoms with van der Waals surface area (Å²) in [5.41, 5.74) is 0. The van der Waals surface area contributed by atoms with E-state index in [1.807, 2.05) is 6.92 Å². The minimum atomic E-state index is 0.192. The molecule has 0 bridgehead atoms. The molecule has 2 nitrogen and oxygen atoms in total. The molecule has 10 heavy (non-hydrogen) atoms. The molecule has 0 amide bonds. The lowest BCUT2D eigenvalue weighted by atomic mass is 10.2. The van der Waals surface area contributed by atoms with Gasteiger partial charge < -0.3 is 4.79 Å². The fourth-order valence-electron chi connectivity index (χ4n) is 1.21. The molecule has 1 aliphatic heterocycles. The predicted molar refractivity (Wildman–Crippen MR) is 44.5 cm³/mol. The van der Waals surface area contributed by atoms with Crippen LogP contribution in [0.5, 0.6) is 0 Å². The van der Waals surface area contributed by atoms with Gasteiger partial charge in [0.15, 0.2) is 0 Å². The van der Waals surface area contributed by atoms with Crippen LogP contribution in [-0.2, 0) is 4.79 Å². The molecule has 0 saturated carbocycles. The predicted octanol–water partition coefficient (Wildman–Crippen LogP) is 1.33. The van der Waals surface area contributed by atoms with Crippen molar-refractivity contribution in [3.63, 3.8) is 0 Å². The zero-order valence-corrected chi connectivity index (χ0v) is 7.05. The van der Waals surface area contributed by atoms with Crippen molar-refractivity contribution >= 4 is 20.4 Å². The normalized spacial score (nSPS) is 27.9. The highest BCUT2D eigenvalue weighted by Gasteiger charge is 2.21. The molecule has 0 unspecified atom stereocenters. The first-order valence-electron chi connectivity index (χ1n) is 3.59. The van der Waals surface area contributed by atoms with Gasteiger partial charge in [0.25, 0.3) is 0 Å². The molecule has 56 valence electrons. The van der Waals surface area contributed by atoms with E-state index in [2.05, 4.69) is 10.5 Å². The Morgan fingerprint density at radius 3 is 3.10 bits per heavy atom. The van der Waals surface area contributed by atoms with Crippen molar-refractivity contribution in [1.29, 1.82) is 0 Å². The Morgan fingerprint density at radius 2 is 2.50 bits per heavy atom. The average Bonchev–Trinajstić information content (AvgIpc) is 2.36. The van der Waals surface area contributed by atoms with Gasteiger partial charge in [0.2, 0.25) is 0 Å². The van der Waals surface area contributed by atoms with Gasteiger partial charge in [0, 0.05) is 6.54 Å². The Labute approximate surface area is 63.1 Å². The highest BCUT2D eigenvalue weighted by atomic mass is 31.1. The summed E-state index contributed by atoms with van der Waals surface area (Å²) >= 11 is 0. The molecule has 0 aromatic heterocycles. The van der Waals surface area contributed by atoms with Crippen LogP contribution in [0.1, 0.15) is 19.8 Å². The van der Waals surface area contributed by atoms with Gasteiger partial charge in [-0.2, -0.15) is 0 Å². The van der Waals surface area contributed by atoms with Crippen LogP contribution in [-0.4, -0.2) is 29.3 Å². The zero-order chi connectivity index (χ0) is 7.40. The van der Waals surface area contributed by atoms with E-state index in [0.29, 0.717) is 0 Å². The van der Waals surface area contributed by atoms with Crippen molar-refractivity contribution < 1.29 is 4.79 Å². The molecule has 1 fully saturated rings. The first-order chi connectivity index (χ1) is 4.88. The summed E-state index contributed by atoms with van der Waals surface area (Å²) in [5.74, 6) is 2.07. The lowest BCUT2D eigenvalue weighted by Gasteiger charge is -2.12. The van der Waals surface area contributed by atoms with E-state index in [0.717, 1.165) is 19.3 Å². The summed E-state index contributed by atoms with van der Waals surface area (Å²) in [7, 11) is 1.19. The Kier molecular flexibility index (Phi) is 3.04. The standard InChI is InChI=1S/C7H12NOP/c1-2-10-8-5-3-4-7(8)6-9/h2,6-7H,3-5H2,1H3/t7-/m0/s1. The molecule has 1 atom stereocenters. The zero-order valence-electron chi connectivity index (χ0n) is 6.16. The van der Waals surface area contributed by atoms with E-state index in [9.17, 15) is 4.79 Å². The van der Waals surface area contributed by atoms with Gasteiger partial charge in [-0.3, -0.25) is 0 Å². The Morgan fingerprint density at radius 1 is 1.70 bits per heavy atom. The largest absolute Gasteiger partial charge is 0.302 e. The van der Waals surface area contributed by atoms with Crippen LogP contribution in [0.3, 0.4) is 0 Å². The SMILES string of the molecule is C/C=P\N1CCC[C@H]1C=O. The number of hydrogen-bond donors (Lipinski definition) is 0. The molecule has 1 saturated heterocycles. The van der Waals surface area contributed by atoms with Gasteiger partial charge in [0.05, 0.1) is 6.04 Å². The second-order valence-electron chi connectivity index (χ2n) is 2.38. The summed E-state index contributed by atoms with van der Waals surface area (Å²) in [6, 6.07) is 0.192. The number of nitrogens with zero attached hydrogens (tertiary/aromatic N) is 1.